The van der Waals surface area contributed by atoms with Gasteiger partial charge >= 0.3 is 5.69 Å². The molecule has 2 fully saturated rings. The Hall–Kier alpha value is -1.64. The molecular formula is C26H46N5O6P. The van der Waals surface area contributed by atoms with Crippen molar-refractivity contribution in [2.24, 2.45) is 0 Å². The molecule has 1 aromatic heterocycles. The molecule has 0 radical (unpaired) electrons. The summed E-state index contributed by atoms with van der Waals surface area (Å²) in [6.07, 6.45) is 6.74. The van der Waals surface area contributed by atoms with Crippen LogP contribution in [0.1, 0.15) is 80.7 Å². The average Bonchev–Trinajstić information content (AvgIpc) is 2.92. The Morgan fingerprint density at radius 3 is 2.61 bits per heavy atom. The van der Waals surface area contributed by atoms with Crippen molar-refractivity contribution in [3.63, 3.8) is 0 Å². The number of rotatable bonds is 11. The number of aromatic amines is 1. The second-order valence-corrected chi connectivity index (χ2v) is 11.8. The van der Waals surface area contributed by atoms with Crippen LogP contribution in [0.25, 0.3) is 0 Å². The van der Waals surface area contributed by atoms with Gasteiger partial charge in [-0.25, -0.2) is 9.46 Å². The molecule has 0 bridgehead atoms. The molecule has 12 heteroatoms. The third kappa shape index (κ3) is 9.23. The van der Waals surface area contributed by atoms with Crippen LogP contribution in [0, 0.1) is 11.3 Å². The van der Waals surface area contributed by atoms with Gasteiger partial charge in [-0.05, 0) is 47.4 Å². The highest BCUT2D eigenvalue weighted by Gasteiger charge is 2.42. The van der Waals surface area contributed by atoms with Gasteiger partial charge in [0.15, 0.2) is 6.23 Å². The zero-order chi connectivity index (χ0) is 29.7. The lowest BCUT2D eigenvalue weighted by Crippen LogP contribution is -2.58. The third-order valence-corrected chi connectivity index (χ3v) is 8.68. The van der Waals surface area contributed by atoms with Crippen LogP contribution in [-0.2, 0) is 13.8 Å². The first-order chi connectivity index (χ1) is 19.1. The van der Waals surface area contributed by atoms with Gasteiger partial charge in [0.1, 0.15) is 5.60 Å². The third-order valence-electron chi connectivity index (χ3n) is 6.62. The lowest BCUT2D eigenvalue weighted by molar-refractivity contribution is -0.197. The molecule has 0 spiro atoms. The number of nitrogens with one attached hydrogen (secondary N) is 1. The SMILES string of the molecule is [2H]C[C@@]1(COP(OCCC#N)N(C(C)C)C(C)C)CN(C2CCCCC2)C[C@H](n2ccc(=O)[nH]c2=O)O1.[3H]OC. The first-order valence-electron chi connectivity index (χ1n) is 14.5. The highest BCUT2D eigenvalue weighted by molar-refractivity contribution is 7.44. The van der Waals surface area contributed by atoms with Crippen molar-refractivity contribution >= 4 is 8.53 Å². The van der Waals surface area contributed by atoms with Gasteiger partial charge in [-0.15, -0.1) is 0 Å². The molecule has 1 unspecified atom stereocenters. The molecule has 3 rings (SSSR count). The van der Waals surface area contributed by atoms with Gasteiger partial charge in [0.25, 0.3) is 14.1 Å². The van der Waals surface area contributed by atoms with Crippen LogP contribution >= 0.6 is 8.53 Å². The summed E-state index contributed by atoms with van der Waals surface area (Å²) in [4.78, 5) is 29.0. The monoisotopic (exact) mass is 558 g/mol. The molecule has 38 heavy (non-hydrogen) atoms. The Morgan fingerprint density at radius 1 is 1.34 bits per heavy atom. The number of nitrogens with zero attached hydrogens (tertiary/aromatic N) is 4. The molecule has 3 atom stereocenters. The summed E-state index contributed by atoms with van der Waals surface area (Å²) < 4.78 is 36.7. The number of ether oxygens (including phenoxy) is 1. The van der Waals surface area contributed by atoms with E-state index in [1.54, 1.807) is 0 Å². The number of aromatic nitrogens is 2. The van der Waals surface area contributed by atoms with Gasteiger partial charge in [-0.3, -0.25) is 19.2 Å². The zero-order valence-corrected chi connectivity index (χ0v) is 24.3. The van der Waals surface area contributed by atoms with Gasteiger partial charge in [0, 0.05) is 52.0 Å². The molecule has 1 aliphatic carbocycles. The summed E-state index contributed by atoms with van der Waals surface area (Å²) in [6.45, 7) is 9.63. The number of aliphatic hydroxyl groups excluding tert-OH is 1. The Balaban J connectivity index is 0.00000178. The van der Waals surface area contributed by atoms with Crippen molar-refractivity contribution in [1.29, 1.82) is 6.69 Å². The number of aliphatic hydroxyl groups is 1. The normalized spacial score (nSPS) is 24.4. The summed E-state index contributed by atoms with van der Waals surface area (Å²) >= 11 is 0. The Bertz CT molecular complexity index is 1020. The summed E-state index contributed by atoms with van der Waals surface area (Å²) in [5.41, 5.74) is -1.98. The van der Waals surface area contributed by atoms with Crippen molar-refractivity contribution < 1.29 is 20.3 Å². The minimum absolute atomic E-state index is 0.0600. The fourth-order valence-corrected chi connectivity index (χ4v) is 6.78. The van der Waals surface area contributed by atoms with Gasteiger partial charge < -0.3 is 18.9 Å². The quantitative estimate of drug-likeness (QED) is 0.310. The topological polar surface area (TPSA) is 133 Å². The Labute approximate surface area is 230 Å². The fourth-order valence-electron chi connectivity index (χ4n) is 5.09. The van der Waals surface area contributed by atoms with Crippen molar-refractivity contribution in [2.45, 2.75) is 103 Å². The highest BCUT2D eigenvalue weighted by Crippen LogP contribution is 2.47. The molecule has 1 saturated carbocycles. The van der Waals surface area contributed by atoms with Crippen LogP contribution in [0.4, 0.5) is 0 Å². The summed E-state index contributed by atoms with van der Waals surface area (Å²) in [5, 5.41) is 12.5. The maximum atomic E-state index is 12.7. The Kier molecular flexibility index (Phi) is 12.2. The number of H-pyrrole nitrogens is 1. The lowest BCUT2D eigenvalue weighted by Gasteiger charge is -2.48. The van der Waals surface area contributed by atoms with Crippen molar-refractivity contribution in [1.82, 2.24) is 19.1 Å². The molecule has 216 valence electrons. The summed E-state index contributed by atoms with van der Waals surface area (Å²) in [7, 11) is -0.209. The van der Waals surface area contributed by atoms with E-state index in [1.165, 1.54) is 30.4 Å². The smallest absolute Gasteiger partial charge is 0.330 e. The second kappa shape index (κ2) is 15.8. The summed E-state index contributed by atoms with van der Waals surface area (Å²) in [5.74, 6) is 0. The van der Waals surface area contributed by atoms with E-state index in [1.807, 2.05) is 0 Å². The standard InChI is InChI=1S/C25H42N5O5P.CH4O/c1-19(2)30(20(3)4)36(33-15-9-13-26)34-18-25(5)17-28(21-10-7-6-8-11-21)16-23(35-25)29-14-12-22(31)27-24(29)32;1-2/h12,14,19-21,23H,6-11,15-18H2,1-5H3,(H,27,31,32);2H,1H3/t23-,25+,36?;/m1./s1/i5D;2T. The van der Waals surface area contributed by atoms with E-state index in [9.17, 15) is 9.59 Å². The maximum Gasteiger partial charge on any atom is 0.330 e. The zero-order valence-electron chi connectivity index (χ0n) is 25.4. The van der Waals surface area contributed by atoms with E-state index in [-0.39, 0.29) is 38.6 Å². The van der Waals surface area contributed by atoms with E-state index in [4.69, 9.17) is 21.8 Å². The molecule has 2 heterocycles. The second-order valence-electron chi connectivity index (χ2n) is 10.3. The highest BCUT2D eigenvalue weighted by atomic mass is 31.2. The lowest BCUT2D eigenvalue weighted by atomic mass is 9.92. The van der Waals surface area contributed by atoms with Crippen LogP contribution in [0.15, 0.2) is 21.9 Å². The van der Waals surface area contributed by atoms with E-state index >= 15 is 0 Å². The predicted molar refractivity (Wildman–Crippen MR) is 148 cm³/mol. The van der Waals surface area contributed by atoms with Gasteiger partial charge in [0.05, 0.1) is 25.7 Å². The van der Waals surface area contributed by atoms with Gasteiger partial charge in [-0.1, -0.05) is 19.3 Å². The Morgan fingerprint density at radius 2 is 2.03 bits per heavy atom. The molecule has 1 saturated heterocycles. The van der Waals surface area contributed by atoms with E-state index in [0.717, 1.165) is 25.7 Å². The summed E-state index contributed by atoms with van der Waals surface area (Å²) in [6, 6.07) is 4.08. The van der Waals surface area contributed by atoms with Gasteiger partial charge in [-0.2, -0.15) is 5.26 Å². The van der Waals surface area contributed by atoms with Gasteiger partial charge in [0.2, 0.25) is 1.43 Å². The van der Waals surface area contributed by atoms with E-state index < -0.39 is 31.6 Å². The largest absolute Gasteiger partial charge is 0.400 e. The number of morpholine rings is 1. The first-order valence-corrected chi connectivity index (χ1v) is 14.5. The van der Waals surface area contributed by atoms with Crippen molar-refractivity contribution in [2.75, 3.05) is 33.4 Å². The predicted octanol–water partition coefficient (Wildman–Crippen LogP) is 3.36. The van der Waals surface area contributed by atoms with Crippen LogP contribution in [0.2, 0.25) is 0 Å². The van der Waals surface area contributed by atoms with Crippen molar-refractivity contribution in [3.05, 3.63) is 33.1 Å². The number of hydrogen-bond donors (Lipinski definition) is 2. The first kappa shape index (κ1) is 29.3. The average molecular weight is 559 g/mol. The van der Waals surface area contributed by atoms with Crippen molar-refractivity contribution in [3.8, 4) is 6.07 Å². The fraction of sp³-hybridized carbons (Fsp3) is 0.808. The molecule has 1 aromatic rings. The van der Waals surface area contributed by atoms with Crippen LogP contribution in [-0.4, -0.2) is 82.8 Å². The molecule has 2 aliphatic rings. The minimum Gasteiger partial charge on any atom is -0.400 e. The molecule has 11 nitrogen and oxygen atoms in total. The van der Waals surface area contributed by atoms with E-state index in [2.05, 4.69) is 53.4 Å². The molecule has 0 aromatic carbocycles. The molecule has 0 amide bonds. The van der Waals surface area contributed by atoms with E-state index in [0.29, 0.717) is 19.1 Å². The molecule has 1 aliphatic heterocycles. The van der Waals surface area contributed by atoms with Crippen LogP contribution in [0.3, 0.4) is 0 Å². The number of nitriles is 1. The number of hydrogen-bond acceptors (Lipinski definition) is 9. The van der Waals surface area contributed by atoms with Crippen LogP contribution < -0.4 is 11.2 Å². The maximum absolute atomic E-state index is 12.7. The van der Waals surface area contributed by atoms with Crippen LogP contribution in [0.5, 0.6) is 0 Å². The molecule has 2 N–H and O–H groups in total. The molecular weight excluding hydrogens is 509 g/mol. The minimum atomic E-state index is -1.50.